The Morgan fingerprint density at radius 3 is 2.90 bits per heavy atom. The monoisotopic (exact) mass is 159 g/mol. The summed E-state index contributed by atoms with van der Waals surface area (Å²) in [7, 11) is 0. The first-order chi connectivity index (χ1) is 4.75. The maximum absolute atomic E-state index is 9.12. The lowest BCUT2D eigenvalue weighted by Crippen LogP contribution is -2.01. The van der Waals surface area contributed by atoms with Crippen LogP contribution in [0.15, 0.2) is 5.51 Å². The van der Waals surface area contributed by atoms with Crippen LogP contribution in [0.3, 0.4) is 0 Å². The third-order valence-electron chi connectivity index (χ3n) is 1.26. The highest BCUT2D eigenvalue weighted by molar-refractivity contribution is 7.09. The fourth-order valence-corrected chi connectivity index (χ4v) is 1.49. The van der Waals surface area contributed by atoms with Gasteiger partial charge in [0.2, 0.25) is 0 Å². The van der Waals surface area contributed by atoms with E-state index in [1.54, 1.807) is 5.51 Å². The Labute approximate surface area is 63.0 Å². The molecule has 4 heteroatoms. The average molecular weight is 159 g/mol. The minimum atomic E-state index is -0.757. The molecule has 0 aromatic carbocycles. The molecule has 0 amide bonds. The molecule has 0 saturated heterocycles. The molecule has 0 spiro atoms. The summed E-state index contributed by atoms with van der Waals surface area (Å²) in [6.07, 6.45) is -0.757. The normalized spacial score (nSPS) is 13.5. The zero-order valence-corrected chi connectivity index (χ0v) is 6.43. The lowest BCUT2D eigenvalue weighted by Gasteiger charge is -2.02. The van der Waals surface area contributed by atoms with Crippen LogP contribution < -0.4 is 0 Å². The summed E-state index contributed by atoms with van der Waals surface area (Å²) in [4.78, 5) is 4.69. The van der Waals surface area contributed by atoms with Crippen LogP contribution in [0, 0.1) is 6.92 Å². The van der Waals surface area contributed by atoms with E-state index in [1.165, 1.54) is 11.3 Å². The maximum Gasteiger partial charge on any atom is 0.113 e. The third kappa shape index (κ3) is 1.34. The molecule has 1 aromatic heterocycles. The second-order valence-electron chi connectivity index (χ2n) is 2.00. The van der Waals surface area contributed by atoms with Crippen molar-refractivity contribution in [1.82, 2.24) is 4.98 Å². The molecule has 56 valence electrons. The van der Waals surface area contributed by atoms with Gasteiger partial charge < -0.3 is 10.2 Å². The van der Waals surface area contributed by atoms with Crippen LogP contribution >= 0.6 is 11.3 Å². The highest BCUT2D eigenvalue weighted by atomic mass is 32.1. The molecule has 10 heavy (non-hydrogen) atoms. The number of aromatic nitrogens is 1. The van der Waals surface area contributed by atoms with Gasteiger partial charge in [0.25, 0.3) is 0 Å². The molecule has 0 radical (unpaired) electrons. The summed E-state index contributed by atoms with van der Waals surface area (Å²) in [6.45, 7) is 1.58. The van der Waals surface area contributed by atoms with E-state index in [4.69, 9.17) is 10.2 Å². The van der Waals surface area contributed by atoms with Crippen LogP contribution in [0.2, 0.25) is 0 Å². The predicted molar refractivity (Wildman–Crippen MR) is 38.9 cm³/mol. The van der Waals surface area contributed by atoms with E-state index in [-0.39, 0.29) is 6.61 Å². The standard InChI is InChI=1S/C6H9NO2S/c1-4-6(5(9)2-8)10-3-7-4/h3,5,8-9H,2H2,1H3. The Morgan fingerprint density at radius 2 is 2.50 bits per heavy atom. The summed E-state index contributed by atoms with van der Waals surface area (Å²) in [5.41, 5.74) is 2.45. The van der Waals surface area contributed by atoms with Crippen LogP contribution in [-0.4, -0.2) is 21.8 Å². The second kappa shape index (κ2) is 3.09. The minimum absolute atomic E-state index is 0.233. The van der Waals surface area contributed by atoms with Crippen molar-refractivity contribution in [3.05, 3.63) is 16.1 Å². The molecule has 0 saturated carbocycles. The molecule has 0 aliphatic carbocycles. The lowest BCUT2D eigenvalue weighted by atomic mass is 10.3. The van der Waals surface area contributed by atoms with E-state index >= 15 is 0 Å². The molecule has 3 nitrogen and oxygen atoms in total. The highest BCUT2D eigenvalue weighted by Crippen LogP contribution is 2.20. The zero-order chi connectivity index (χ0) is 7.56. The largest absolute Gasteiger partial charge is 0.393 e. The number of thiazole rings is 1. The first kappa shape index (κ1) is 7.65. The van der Waals surface area contributed by atoms with Crippen LogP contribution in [0.4, 0.5) is 0 Å². The van der Waals surface area contributed by atoms with E-state index in [2.05, 4.69) is 4.98 Å². The Morgan fingerprint density at radius 1 is 1.80 bits per heavy atom. The average Bonchev–Trinajstić information content (AvgIpc) is 2.34. The van der Waals surface area contributed by atoms with Crippen molar-refractivity contribution in [2.75, 3.05) is 6.61 Å². The fourth-order valence-electron chi connectivity index (χ4n) is 0.714. The first-order valence-corrected chi connectivity index (χ1v) is 3.82. The molecule has 0 fully saturated rings. The second-order valence-corrected chi connectivity index (χ2v) is 2.89. The van der Waals surface area contributed by atoms with Gasteiger partial charge in [0.05, 0.1) is 22.7 Å². The SMILES string of the molecule is Cc1ncsc1C(O)CO. The molecular weight excluding hydrogens is 150 g/mol. The van der Waals surface area contributed by atoms with Crippen LogP contribution in [0.1, 0.15) is 16.7 Å². The minimum Gasteiger partial charge on any atom is -0.393 e. The van der Waals surface area contributed by atoms with E-state index in [9.17, 15) is 0 Å². The molecule has 1 atom stereocenters. The molecule has 2 N–H and O–H groups in total. The molecule has 1 rings (SSSR count). The number of rotatable bonds is 2. The van der Waals surface area contributed by atoms with E-state index in [0.29, 0.717) is 0 Å². The number of aliphatic hydroxyl groups excluding tert-OH is 2. The number of aliphatic hydroxyl groups is 2. The zero-order valence-electron chi connectivity index (χ0n) is 5.61. The van der Waals surface area contributed by atoms with Crippen LogP contribution in [0.5, 0.6) is 0 Å². The summed E-state index contributed by atoms with van der Waals surface area (Å²) in [5.74, 6) is 0. The maximum atomic E-state index is 9.12. The van der Waals surface area contributed by atoms with Crippen molar-refractivity contribution in [3.63, 3.8) is 0 Å². The topological polar surface area (TPSA) is 53.4 Å². The van der Waals surface area contributed by atoms with Gasteiger partial charge >= 0.3 is 0 Å². The van der Waals surface area contributed by atoms with E-state index in [0.717, 1.165) is 10.6 Å². The Balaban J connectivity index is 2.82. The van der Waals surface area contributed by atoms with Gasteiger partial charge in [-0.1, -0.05) is 0 Å². The van der Waals surface area contributed by atoms with Gasteiger partial charge in [-0.3, -0.25) is 0 Å². The van der Waals surface area contributed by atoms with Crippen LogP contribution in [-0.2, 0) is 0 Å². The van der Waals surface area contributed by atoms with Gasteiger partial charge in [0.1, 0.15) is 6.10 Å². The third-order valence-corrected chi connectivity index (χ3v) is 2.29. The van der Waals surface area contributed by atoms with Gasteiger partial charge in [-0.25, -0.2) is 4.98 Å². The van der Waals surface area contributed by atoms with E-state index in [1.807, 2.05) is 6.92 Å². The van der Waals surface area contributed by atoms with Crippen molar-refractivity contribution in [1.29, 1.82) is 0 Å². The van der Waals surface area contributed by atoms with Gasteiger partial charge in [-0.2, -0.15) is 0 Å². The summed E-state index contributed by atoms with van der Waals surface area (Å²) >= 11 is 1.36. The van der Waals surface area contributed by atoms with Gasteiger partial charge in [-0.15, -0.1) is 11.3 Å². The predicted octanol–water partition coefficient (Wildman–Crippen LogP) is 0.477. The van der Waals surface area contributed by atoms with Crippen molar-refractivity contribution >= 4 is 11.3 Å². The van der Waals surface area contributed by atoms with Gasteiger partial charge in [-0.05, 0) is 6.92 Å². The summed E-state index contributed by atoms with van der Waals surface area (Å²) in [6, 6.07) is 0. The Bertz CT molecular complexity index is 211. The summed E-state index contributed by atoms with van der Waals surface area (Å²) < 4.78 is 0. The van der Waals surface area contributed by atoms with Crippen LogP contribution in [0.25, 0.3) is 0 Å². The molecule has 0 aliphatic heterocycles. The molecule has 1 aromatic rings. The van der Waals surface area contributed by atoms with E-state index < -0.39 is 6.10 Å². The van der Waals surface area contributed by atoms with Gasteiger partial charge in [0.15, 0.2) is 0 Å². The quantitative estimate of drug-likeness (QED) is 0.659. The smallest absolute Gasteiger partial charge is 0.113 e. The lowest BCUT2D eigenvalue weighted by molar-refractivity contribution is 0.0977. The summed E-state index contributed by atoms with van der Waals surface area (Å²) in [5, 5.41) is 17.7. The fraction of sp³-hybridized carbons (Fsp3) is 0.500. The Kier molecular flexibility index (Phi) is 2.37. The van der Waals surface area contributed by atoms with Crippen molar-refractivity contribution in [2.45, 2.75) is 13.0 Å². The Hall–Kier alpha value is -0.450. The van der Waals surface area contributed by atoms with Crippen molar-refractivity contribution < 1.29 is 10.2 Å². The number of hydrogen-bond donors (Lipinski definition) is 2. The number of hydrogen-bond acceptors (Lipinski definition) is 4. The van der Waals surface area contributed by atoms with Crippen molar-refractivity contribution in [2.24, 2.45) is 0 Å². The number of nitrogens with zero attached hydrogens (tertiary/aromatic N) is 1. The highest BCUT2D eigenvalue weighted by Gasteiger charge is 2.10. The molecule has 0 bridgehead atoms. The first-order valence-electron chi connectivity index (χ1n) is 2.94. The molecular formula is C6H9NO2S. The van der Waals surface area contributed by atoms with Crippen molar-refractivity contribution in [3.8, 4) is 0 Å². The molecule has 0 aliphatic rings. The molecule has 1 unspecified atom stereocenters. The molecule has 1 heterocycles. The van der Waals surface area contributed by atoms with Gasteiger partial charge in [0, 0.05) is 0 Å². The number of aryl methyl sites for hydroxylation is 1.